The van der Waals surface area contributed by atoms with E-state index in [2.05, 4.69) is 41.2 Å². The Labute approximate surface area is 85.5 Å². The van der Waals surface area contributed by atoms with E-state index in [0.29, 0.717) is 12.1 Å². The van der Waals surface area contributed by atoms with Gasteiger partial charge >= 0.3 is 0 Å². The normalized spacial score (nSPS) is 26.3. The van der Waals surface area contributed by atoms with E-state index in [-0.39, 0.29) is 0 Å². The fourth-order valence-corrected chi connectivity index (χ4v) is 2.21. The molecular formula is C11H19N3. The maximum atomic E-state index is 3.41. The highest BCUT2D eigenvalue weighted by Gasteiger charge is 2.23. The molecule has 1 aliphatic heterocycles. The van der Waals surface area contributed by atoms with Crippen molar-refractivity contribution < 1.29 is 0 Å². The quantitative estimate of drug-likeness (QED) is 0.743. The SMILES string of the molecule is C[C@@H]1CNCCN1[C@@H](C)c1ccc[nH]1. The van der Waals surface area contributed by atoms with Crippen molar-refractivity contribution in [2.24, 2.45) is 0 Å². The summed E-state index contributed by atoms with van der Waals surface area (Å²) in [6, 6.07) is 5.36. The highest BCUT2D eigenvalue weighted by Crippen LogP contribution is 2.21. The van der Waals surface area contributed by atoms with Crippen LogP contribution in [-0.4, -0.2) is 35.6 Å². The number of H-pyrrole nitrogens is 1. The van der Waals surface area contributed by atoms with Gasteiger partial charge < -0.3 is 10.3 Å². The minimum absolute atomic E-state index is 0.502. The Morgan fingerprint density at radius 2 is 2.43 bits per heavy atom. The summed E-state index contributed by atoms with van der Waals surface area (Å²) in [6.45, 7) is 7.90. The first-order valence-corrected chi connectivity index (χ1v) is 5.39. The van der Waals surface area contributed by atoms with Crippen LogP contribution in [0.4, 0.5) is 0 Å². The van der Waals surface area contributed by atoms with Crippen molar-refractivity contribution in [1.29, 1.82) is 0 Å². The van der Waals surface area contributed by atoms with Crippen molar-refractivity contribution in [1.82, 2.24) is 15.2 Å². The second kappa shape index (κ2) is 4.15. The van der Waals surface area contributed by atoms with Gasteiger partial charge in [0.25, 0.3) is 0 Å². The summed E-state index contributed by atoms with van der Waals surface area (Å²) in [7, 11) is 0. The van der Waals surface area contributed by atoms with Crippen molar-refractivity contribution in [2.75, 3.05) is 19.6 Å². The largest absolute Gasteiger partial charge is 0.364 e. The lowest BCUT2D eigenvalue weighted by molar-refractivity contribution is 0.124. The molecule has 2 N–H and O–H groups in total. The summed E-state index contributed by atoms with van der Waals surface area (Å²) in [4.78, 5) is 5.84. The average molecular weight is 193 g/mol. The van der Waals surface area contributed by atoms with Gasteiger partial charge in [0.05, 0.1) is 0 Å². The molecule has 3 heteroatoms. The Morgan fingerprint density at radius 1 is 1.57 bits per heavy atom. The molecule has 2 atom stereocenters. The van der Waals surface area contributed by atoms with E-state index in [0.717, 1.165) is 19.6 Å². The number of nitrogens with one attached hydrogen (secondary N) is 2. The summed E-state index contributed by atoms with van der Waals surface area (Å²) < 4.78 is 0. The molecule has 14 heavy (non-hydrogen) atoms. The summed E-state index contributed by atoms with van der Waals surface area (Å²) >= 11 is 0. The number of hydrogen-bond donors (Lipinski definition) is 2. The summed E-state index contributed by atoms with van der Waals surface area (Å²) in [5, 5.41) is 3.41. The molecule has 2 rings (SSSR count). The van der Waals surface area contributed by atoms with E-state index in [4.69, 9.17) is 0 Å². The number of piperazine rings is 1. The number of aromatic nitrogens is 1. The van der Waals surface area contributed by atoms with Crippen LogP contribution in [0.25, 0.3) is 0 Å². The zero-order chi connectivity index (χ0) is 9.97. The van der Waals surface area contributed by atoms with Gasteiger partial charge in [-0.15, -0.1) is 0 Å². The zero-order valence-electron chi connectivity index (χ0n) is 8.96. The van der Waals surface area contributed by atoms with Gasteiger partial charge in [-0.05, 0) is 26.0 Å². The molecule has 1 saturated heterocycles. The molecule has 78 valence electrons. The molecule has 0 radical (unpaired) electrons. The lowest BCUT2D eigenvalue weighted by Gasteiger charge is -2.38. The van der Waals surface area contributed by atoms with Crippen molar-refractivity contribution in [2.45, 2.75) is 25.9 Å². The molecule has 1 fully saturated rings. The maximum Gasteiger partial charge on any atom is 0.0474 e. The highest BCUT2D eigenvalue weighted by molar-refractivity contribution is 5.09. The van der Waals surface area contributed by atoms with Crippen LogP contribution in [0, 0.1) is 0 Å². The van der Waals surface area contributed by atoms with Crippen molar-refractivity contribution >= 4 is 0 Å². The first-order chi connectivity index (χ1) is 6.79. The summed E-state index contributed by atoms with van der Waals surface area (Å²) in [5.74, 6) is 0. The van der Waals surface area contributed by atoms with Gasteiger partial charge in [-0.2, -0.15) is 0 Å². The summed E-state index contributed by atoms with van der Waals surface area (Å²) in [6.07, 6.45) is 2.00. The van der Waals surface area contributed by atoms with E-state index in [1.54, 1.807) is 0 Å². The van der Waals surface area contributed by atoms with Crippen LogP contribution < -0.4 is 5.32 Å². The van der Waals surface area contributed by atoms with Gasteiger partial charge in [-0.25, -0.2) is 0 Å². The monoisotopic (exact) mass is 193 g/mol. The number of hydrogen-bond acceptors (Lipinski definition) is 2. The highest BCUT2D eigenvalue weighted by atomic mass is 15.2. The first kappa shape index (κ1) is 9.74. The standard InChI is InChI=1S/C11H19N3/c1-9-8-12-6-7-14(9)10(2)11-4-3-5-13-11/h3-5,9-10,12-13H,6-8H2,1-2H3/t9-,10+/m1/s1. The Morgan fingerprint density at radius 3 is 3.07 bits per heavy atom. The molecule has 0 aromatic carbocycles. The van der Waals surface area contributed by atoms with E-state index >= 15 is 0 Å². The third-order valence-corrected chi connectivity index (χ3v) is 3.12. The lowest BCUT2D eigenvalue weighted by Crippen LogP contribution is -2.50. The van der Waals surface area contributed by atoms with Crippen LogP contribution in [0.2, 0.25) is 0 Å². The zero-order valence-corrected chi connectivity index (χ0v) is 8.96. The molecule has 1 aromatic heterocycles. The molecule has 0 aliphatic carbocycles. The molecule has 3 nitrogen and oxygen atoms in total. The molecule has 1 aliphatic rings. The van der Waals surface area contributed by atoms with Gasteiger partial charge in [0.2, 0.25) is 0 Å². The Bertz CT molecular complexity index is 268. The topological polar surface area (TPSA) is 31.1 Å². The summed E-state index contributed by atoms with van der Waals surface area (Å²) in [5.41, 5.74) is 1.32. The molecule has 0 bridgehead atoms. The molecule has 0 saturated carbocycles. The fourth-order valence-electron chi connectivity index (χ4n) is 2.21. The van der Waals surface area contributed by atoms with Crippen molar-refractivity contribution in [3.8, 4) is 0 Å². The van der Waals surface area contributed by atoms with Crippen molar-refractivity contribution in [3.05, 3.63) is 24.0 Å². The van der Waals surface area contributed by atoms with Crippen LogP contribution in [0.3, 0.4) is 0 Å². The fraction of sp³-hybridized carbons (Fsp3) is 0.636. The van der Waals surface area contributed by atoms with E-state index in [9.17, 15) is 0 Å². The Hall–Kier alpha value is -0.800. The predicted molar refractivity (Wildman–Crippen MR) is 58.2 cm³/mol. The van der Waals surface area contributed by atoms with Gasteiger partial charge in [0, 0.05) is 43.6 Å². The molecule has 1 aromatic rings. The van der Waals surface area contributed by atoms with E-state index in [1.165, 1.54) is 5.69 Å². The molecule has 0 amide bonds. The van der Waals surface area contributed by atoms with Crippen LogP contribution in [0.1, 0.15) is 25.6 Å². The van der Waals surface area contributed by atoms with Crippen molar-refractivity contribution in [3.63, 3.8) is 0 Å². The Kier molecular flexibility index (Phi) is 2.89. The number of aromatic amines is 1. The third-order valence-electron chi connectivity index (χ3n) is 3.12. The molecule has 2 heterocycles. The van der Waals surface area contributed by atoms with E-state index < -0.39 is 0 Å². The number of nitrogens with zero attached hydrogens (tertiary/aromatic N) is 1. The first-order valence-electron chi connectivity index (χ1n) is 5.39. The average Bonchev–Trinajstić information content (AvgIpc) is 2.70. The van der Waals surface area contributed by atoms with Gasteiger partial charge in [0.1, 0.15) is 0 Å². The van der Waals surface area contributed by atoms with Gasteiger partial charge in [-0.1, -0.05) is 0 Å². The molecule has 0 unspecified atom stereocenters. The molecular weight excluding hydrogens is 174 g/mol. The van der Waals surface area contributed by atoms with Crippen LogP contribution >= 0.6 is 0 Å². The minimum Gasteiger partial charge on any atom is -0.364 e. The molecule has 0 spiro atoms. The van der Waals surface area contributed by atoms with Crippen LogP contribution in [0.15, 0.2) is 18.3 Å². The number of rotatable bonds is 2. The second-order valence-electron chi connectivity index (χ2n) is 4.09. The van der Waals surface area contributed by atoms with Gasteiger partial charge in [-0.3, -0.25) is 4.90 Å². The Balaban J connectivity index is 2.06. The smallest absolute Gasteiger partial charge is 0.0474 e. The minimum atomic E-state index is 0.502. The predicted octanol–water partition coefficient (Wildman–Crippen LogP) is 1.37. The maximum absolute atomic E-state index is 3.41. The van der Waals surface area contributed by atoms with Crippen LogP contribution in [0.5, 0.6) is 0 Å². The second-order valence-corrected chi connectivity index (χ2v) is 4.09. The lowest BCUT2D eigenvalue weighted by atomic mass is 10.1. The van der Waals surface area contributed by atoms with E-state index in [1.807, 2.05) is 6.20 Å². The van der Waals surface area contributed by atoms with Crippen LogP contribution in [-0.2, 0) is 0 Å². The van der Waals surface area contributed by atoms with Gasteiger partial charge in [0.15, 0.2) is 0 Å². The third kappa shape index (κ3) is 1.83.